The Labute approximate surface area is 131 Å². The zero-order chi connectivity index (χ0) is 15.4. The van der Waals surface area contributed by atoms with Crippen LogP contribution in [0.4, 0.5) is 0 Å². The normalized spacial score (nSPS) is 10.4. The van der Waals surface area contributed by atoms with E-state index in [1.165, 1.54) is 0 Å². The molecule has 0 radical (unpaired) electrons. The van der Waals surface area contributed by atoms with Gasteiger partial charge in [0, 0.05) is 16.0 Å². The first-order valence-corrected chi connectivity index (χ1v) is 7.60. The molecule has 2 aromatic heterocycles. The number of nitrogens with one attached hydrogen (secondary N) is 1. The highest BCUT2D eigenvalue weighted by Gasteiger charge is 2.08. The number of hydrogen-bond acceptors (Lipinski definition) is 4. The highest BCUT2D eigenvalue weighted by molar-refractivity contribution is 7.09. The standard InChI is InChI=1S/C17H13NO3S/c19-11-14-7-8-16(21-14)12-3-5-13(6-4-12)17(20)18-10-15-2-1-9-22-15/h1-9,11H,10H2,(H,18,20). The number of carbonyl (C=O) groups excluding carboxylic acids is 2. The third-order valence-electron chi connectivity index (χ3n) is 3.18. The fraction of sp³-hybridized carbons (Fsp3) is 0.0588. The van der Waals surface area contributed by atoms with Crippen LogP contribution in [0.1, 0.15) is 25.8 Å². The molecule has 5 heteroatoms. The Balaban J connectivity index is 1.68. The first kappa shape index (κ1) is 14.3. The van der Waals surface area contributed by atoms with E-state index in [4.69, 9.17) is 4.42 Å². The monoisotopic (exact) mass is 311 g/mol. The SMILES string of the molecule is O=Cc1ccc(-c2ccc(C(=O)NCc3cccs3)cc2)o1. The quantitative estimate of drug-likeness (QED) is 0.730. The third-order valence-corrected chi connectivity index (χ3v) is 4.05. The summed E-state index contributed by atoms with van der Waals surface area (Å²) in [5.41, 5.74) is 1.41. The number of aldehydes is 1. The number of thiophene rings is 1. The first-order chi connectivity index (χ1) is 10.8. The Kier molecular flexibility index (Phi) is 4.16. The Morgan fingerprint density at radius 2 is 1.95 bits per heavy atom. The number of furan rings is 1. The molecule has 3 rings (SSSR count). The van der Waals surface area contributed by atoms with Crippen molar-refractivity contribution in [3.8, 4) is 11.3 Å². The number of hydrogen-bond donors (Lipinski definition) is 1. The number of carbonyl (C=O) groups is 2. The minimum absolute atomic E-state index is 0.118. The molecule has 0 fully saturated rings. The molecule has 2 heterocycles. The van der Waals surface area contributed by atoms with Gasteiger partial charge >= 0.3 is 0 Å². The Morgan fingerprint density at radius 3 is 2.59 bits per heavy atom. The maximum Gasteiger partial charge on any atom is 0.251 e. The molecule has 0 atom stereocenters. The minimum Gasteiger partial charge on any atom is -0.453 e. The summed E-state index contributed by atoms with van der Waals surface area (Å²) in [4.78, 5) is 23.8. The number of rotatable bonds is 5. The van der Waals surface area contributed by atoms with Crippen LogP contribution in [-0.2, 0) is 6.54 Å². The molecule has 110 valence electrons. The fourth-order valence-electron chi connectivity index (χ4n) is 2.04. The van der Waals surface area contributed by atoms with Crippen molar-refractivity contribution in [3.63, 3.8) is 0 Å². The summed E-state index contributed by atoms with van der Waals surface area (Å²) in [5, 5.41) is 4.85. The van der Waals surface area contributed by atoms with Gasteiger partial charge in [-0.3, -0.25) is 9.59 Å². The lowest BCUT2D eigenvalue weighted by molar-refractivity contribution is 0.0951. The molecule has 1 N–H and O–H groups in total. The molecule has 0 aliphatic heterocycles. The maximum absolute atomic E-state index is 12.1. The molecule has 0 spiro atoms. The molecule has 0 unspecified atom stereocenters. The van der Waals surface area contributed by atoms with E-state index in [-0.39, 0.29) is 11.7 Å². The lowest BCUT2D eigenvalue weighted by atomic mass is 10.1. The average molecular weight is 311 g/mol. The van der Waals surface area contributed by atoms with Crippen molar-refractivity contribution in [2.45, 2.75) is 6.54 Å². The van der Waals surface area contributed by atoms with Crippen LogP contribution in [0, 0.1) is 0 Å². The van der Waals surface area contributed by atoms with Gasteiger partial charge in [-0.25, -0.2) is 0 Å². The maximum atomic E-state index is 12.1. The molecule has 0 aliphatic carbocycles. The van der Waals surface area contributed by atoms with E-state index >= 15 is 0 Å². The molecule has 0 aliphatic rings. The van der Waals surface area contributed by atoms with E-state index in [1.807, 2.05) is 17.5 Å². The number of amides is 1. The van der Waals surface area contributed by atoms with E-state index in [2.05, 4.69) is 5.32 Å². The van der Waals surface area contributed by atoms with Gasteiger partial charge in [-0.15, -0.1) is 11.3 Å². The molecule has 0 saturated carbocycles. The second kappa shape index (κ2) is 6.41. The first-order valence-electron chi connectivity index (χ1n) is 6.72. The van der Waals surface area contributed by atoms with E-state index in [9.17, 15) is 9.59 Å². The minimum atomic E-state index is -0.118. The van der Waals surface area contributed by atoms with Crippen LogP contribution in [0.5, 0.6) is 0 Å². The van der Waals surface area contributed by atoms with Gasteiger partial charge in [0.2, 0.25) is 0 Å². The van der Waals surface area contributed by atoms with Crippen LogP contribution in [0.2, 0.25) is 0 Å². The smallest absolute Gasteiger partial charge is 0.251 e. The van der Waals surface area contributed by atoms with Gasteiger partial charge in [0.15, 0.2) is 12.0 Å². The van der Waals surface area contributed by atoms with E-state index in [0.717, 1.165) is 10.4 Å². The molecule has 4 nitrogen and oxygen atoms in total. The molecule has 0 saturated heterocycles. The lowest BCUT2D eigenvalue weighted by Crippen LogP contribution is -2.22. The molecular formula is C17H13NO3S. The van der Waals surface area contributed by atoms with Gasteiger partial charge in [0.1, 0.15) is 5.76 Å². The zero-order valence-corrected chi connectivity index (χ0v) is 12.4. The van der Waals surface area contributed by atoms with Crippen LogP contribution in [-0.4, -0.2) is 12.2 Å². The van der Waals surface area contributed by atoms with E-state index < -0.39 is 0 Å². The summed E-state index contributed by atoms with van der Waals surface area (Å²) in [6, 6.07) is 14.4. The van der Waals surface area contributed by atoms with Crippen molar-refractivity contribution in [2.75, 3.05) is 0 Å². The highest BCUT2D eigenvalue weighted by atomic mass is 32.1. The summed E-state index contributed by atoms with van der Waals surface area (Å²) >= 11 is 1.61. The molecule has 22 heavy (non-hydrogen) atoms. The topological polar surface area (TPSA) is 59.3 Å². The van der Waals surface area contributed by atoms with Gasteiger partial charge in [-0.2, -0.15) is 0 Å². The molecule has 0 bridgehead atoms. The predicted octanol–water partition coefficient (Wildman–Crippen LogP) is 3.75. The summed E-state index contributed by atoms with van der Waals surface area (Å²) < 4.78 is 5.35. The summed E-state index contributed by atoms with van der Waals surface area (Å²) in [5.74, 6) is 0.772. The largest absolute Gasteiger partial charge is 0.453 e. The zero-order valence-electron chi connectivity index (χ0n) is 11.6. The molecular weight excluding hydrogens is 298 g/mol. The van der Waals surface area contributed by atoms with Gasteiger partial charge < -0.3 is 9.73 Å². The van der Waals surface area contributed by atoms with Crippen LogP contribution in [0.25, 0.3) is 11.3 Å². The second-order valence-electron chi connectivity index (χ2n) is 4.66. The highest BCUT2D eigenvalue weighted by Crippen LogP contribution is 2.22. The van der Waals surface area contributed by atoms with Crippen molar-refractivity contribution in [3.05, 3.63) is 70.1 Å². The van der Waals surface area contributed by atoms with E-state index in [0.29, 0.717) is 24.2 Å². The van der Waals surface area contributed by atoms with Crippen molar-refractivity contribution in [1.29, 1.82) is 0 Å². The van der Waals surface area contributed by atoms with Gasteiger partial charge in [0.25, 0.3) is 5.91 Å². The van der Waals surface area contributed by atoms with Crippen LogP contribution < -0.4 is 5.32 Å². The van der Waals surface area contributed by atoms with Crippen molar-refractivity contribution < 1.29 is 14.0 Å². The Bertz CT molecular complexity index is 773. The Hall–Kier alpha value is -2.66. The van der Waals surface area contributed by atoms with Gasteiger partial charge in [0.05, 0.1) is 6.54 Å². The van der Waals surface area contributed by atoms with Gasteiger partial charge in [-0.05, 0) is 35.7 Å². The second-order valence-corrected chi connectivity index (χ2v) is 5.69. The number of benzene rings is 1. The third kappa shape index (κ3) is 3.15. The summed E-state index contributed by atoms with van der Waals surface area (Å²) in [6.07, 6.45) is 0.663. The summed E-state index contributed by atoms with van der Waals surface area (Å²) in [7, 11) is 0. The average Bonchev–Trinajstić information content (AvgIpc) is 3.24. The van der Waals surface area contributed by atoms with Crippen LogP contribution >= 0.6 is 11.3 Å². The molecule has 1 amide bonds. The molecule has 1 aromatic carbocycles. The van der Waals surface area contributed by atoms with Crippen molar-refractivity contribution in [1.82, 2.24) is 5.32 Å². The predicted molar refractivity (Wildman–Crippen MR) is 85.0 cm³/mol. The fourth-order valence-corrected chi connectivity index (χ4v) is 2.68. The summed E-state index contributed by atoms with van der Waals surface area (Å²) in [6.45, 7) is 0.527. The molecule has 3 aromatic rings. The van der Waals surface area contributed by atoms with Crippen LogP contribution in [0.15, 0.2) is 58.3 Å². The Morgan fingerprint density at radius 1 is 1.14 bits per heavy atom. The van der Waals surface area contributed by atoms with Crippen molar-refractivity contribution in [2.24, 2.45) is 0 Å². The van der Waals surface area contributed by atoms with E-state index in [1.54, 1.807) is 47.7 Å². The lowest BCUT2D eigenvalue weighted by Gasteiger charge is -2.04. The van der Waals surface area contributed by atoms with Gasteiger partial charge in [-0.1, -0.05) is 18.2 Å². The van der Waals surface area contributed by atoms with Crippen molar-refractivity contribution >= 4 is 23.5 Å². The van der Waals surface area contributed by atoms with Crippen LogP contribution in [0.3, 0.4) is 0 Å².